The molecule has 1 aromatic carbocycles. The average molecular weight is 348 g/mol. The lowest BCUT2D eigenvalue weighted by Crippen LogP contribution is -2.15. The Morgan fingerprint density at radius 2 is 2.16 bits per heavy atom. The van der Waals surface area contributed by atoms with Gasteiger partial charge in [0.25, 0.3) is 0 Å². The molecule has 2 N–H and O–H groups in total. The maximum Gasteiger partial charge on any atom is 0.335 e. The minimum atomic E-state index is -2.87. The summed E-state index contributed by atoms with van der Waals surface area (Å²) in [5.41, 5.74) is 0.868. The number of carboxylic acids is 1. The molecule has 0 radical (unpaired) electrons. The lowest BCUT2D eigenvalue weighted by molar-refractivity contribution is 0.0697. The number of sulfone groups is 1. The smallest absolute Gasteiger partial charge is 0.335 e. The molecule has 0 amide bonds. The van der Waals surface area contributed by atoms with Crippen LogP contribution in [0.4, 0.5) is 5.69 Å². The summed E-state index contributed by atoms with van der Waals surface area (Å²) in [6.07, 6.45) is 0.662. The van der Waals surface area contributed by atoms with Crippen LogP contribution in [0.15, 0.2) is 22.7 Å². The summed E-state index contributed by atoms with van der Waals surface area (Å²) in [5, 5.41) is 12.1. The number of hydrogen-bond acceptors (Lipinski definition) is 4. The van der Waals surface area contributed by atoms with Crippen LogP contribution in [0.2, 0.25) is 0 Å². The van der Waals surface area contributed by atoms with E-state index >= 15 is 0 Å². The Bertz CT molecular complexity index is 600. The first kappa shape index (κ1) is 14.3. The van der Waals surface area contributed by atoms with Crippen molar-refractivity contribution in [1.82, 2.24) is 0 Å². The van der Waals surface area contributed by atoms with Crippen molar-refractivity contribution in [3.8, 4) is 0 Å². The molecule has 2 rings (SSSR count). The van der Waals surface area contributed by atoms with Crippen molar-refractivity contribution in [3.05, 3.63) is 28.2 Å². The number of carboxylic acid groups (broad SMARTS) is 1. The predicted octanol–water partition coefficient (Wildman–Crippen LogP) is 1.99. The Labute approximate surface area is 120 Å². The minimum Gasteiger partial charge on any atom is -0.478 e. The third-order valence-electron chi connectivity index (χ3n) is 3.07. The van der Waals surface area contributed by atoms with E-state index in [1.54, 1.807) is 6.07 Å². The molecule has 0 saturated carbocycles. The second-order valence-corrected chi connectivity index (χ2v) is 7.83. The highest BCUT2D eigenvalue weighted by atomic mass is 79.9. The van der Waals surface area contributed by atoms with Gasteiger partial charge in [0.05, 0.1) is 17.1 Å². The fourth-order valence-electron chi connectivity index (χ4n) is 2.11. The zero-order valence-electron chi connectivity index (χ0n) is 10.1. The molecule has 1 saturated heterocycles. The van der Waals surface area contributed by atoms with Crippen LogP contribution in [0.1, 0.15) is 16.8 Å². The van der Waals surface area contributed by atoms with Crippen molar-refractivity contribution in [1.29, 1.82) is 0 Å². The lowest BCUT2D eigenvalue weighted by atomic mass is 10.1. The molecule has 0 aliphatic carbocycles. The number of benzene rings is 1. The van der Waals surface area contributed by atoms with Crippen LogP contribution in [0.3, 0.4) is 0 Å². The van der Waals surface area contributed by atoms with Crippen LogP contribution in [0, 0.1) is 5.92 Å². The van der Waals surface area contributed by atoms with Gasteiger partial charge in [-0.1, -0.05) is 15.9 Å². The van der Waals surface area contributed by atoms with Gasteiger partial charge in [-0.05, 0) is 30.5 Å². The molecule has 1 fully saturated rings. The van der Waals surface area contributed by atoms with Crippen LogP contribution in [0.5, 0.6) is 0 Å². The van der Waals surface area contributed by atoms with E-state index in [-0.39, 0.29) is 23.0 Å². The maximum absolute atomic E-state index is 11.3. The van der Waals surface area contributed by atoms with Crippen LogP contribution in [-0.4, -0.2) is 37.5 Å². The number of hydrogen-bond donors (Lipinski definition) is 2. The molecule has 1 aliphatic rings. The average Bonchev–Trinajstić information content (AvgIpc) is 2.65. The van der Waals surface area contributed by atoms with Gasteiger partial charge in [-0.2, -0.15) is 0 Å². The van der Waals surface area contributed by atoms with Gasteiger partial charge in [-0.25, -0.2) is 13.2 Å². The highest BCUT2D eigenvalue weighted by molar-refractivity contribution is 9.10. The Morgan fingerprint density at radius 3 is 2.74 bits per heavy atom. The zero-order valence-corrected chi connectivity index (χ0v) is 12.5. The molecule has 19 heavy (non-hydrogen) atoms. The van der Waals surface area contributed by atoms with E-state index in [1.807, 2.05) is 0 Å². The number of anilines is 1. The monoisotopic (exact) mass is 347 g/mol. The first-order valence-electron chi connectivity index (χ1n) is 5.84. The second-order valence-electron chi connectivity index (χ2n) is 4.68. The van der Waals surface area contributed by atoms with Crippen LogP contribution >= 0.6 is 15.9 Å². The number of halogens is 1. The molecule has 1 unspecified atom stereocenters. The maximum atomic E-state index is 11.3. The quantitative estimate of drug-likeness (QED) is 0.870. The Hall–Kier alpha value is -1.08. The minimum absolute atomic E-state index is 0.0947. The number of rotatable bonds is 4. The Balaban J connectivity index is 2.02. The van der Waals surface area contributed by atoms with E-state index in [9.17, 15) is 13.2 Å². The van der Waals surface area contributed by atoms with Crippen molar-refractivity contribution in [2.75, 3.05) is 23.4 Å². The molecule has 1 aliphatic heterocycles. The van der Waals surface area contributed by atoms with Crippen LogP contribution in [0.25, 0.3) is 0 Å². The molecule has 0 bridgehead atoms. The van der Waals surface area contributed by atoms with Gasteiger partial charge in [0.1, 0.15) is 0 Å². The van der Waals surface area contributed by atoms with E-state index < -0.39 is 15.8 Å². The highest BCUT2D eigenvalue weighted by Crippen LogP contribution is 2.22. The number of aromatic carboxylic acids is 1. The van der Waals surface area contributed by atoms with Crippen molar-refractivity contribution in [2.45, 2.75) is 6.42 Å². The van der Waals surface area contributed by atoms with Crippen LogP contribution < -0.4 is 5.32 Å². The van der Waals surface area contributed by atoms with Gasteiger partial charge < -0.3 is 10.4 Å². The molecular formula is C12H14BrNO4S. The second kappa shape index (κ2) is 5.50. The topological polar surface area (TPSA) is 83.5 Å². The summed E-state index contributed by atoms with van der Waals surface area (Å²) in [5.74, 6) is -0.442. The molecule has 104 valence electrons. The van der Waals surface area contributed by atoms with Gasteiger partial charge >= 0.3 is 5.97 Å². The van der Waals surface area contributed by atoms with E-state index in [2.05, 4.69) is 21.2 Å². The number of nitrogens with one attached hydrogen (secondary N) is 1. The highest BCUT2D eigenvalue weighted by Gasteiger charge is 2.27. The standard InChI is InChI=1S/C12H14BrNO4S/c13-10-3-9(12(15)16)4-11(5-10)14-6-8-1-2-19(17,18)7-8/h3-5,8,14H,1-2,6-7H2,(H,15,16). The van der Waals surface area contributed by atoms with Crippen molar-refractivity contribution in [3.63, 3.8) is 0 Å². The molecule has 0 spiro atoms. The Kier molecular flexibility index (Phi) is 4.15. The molecule has 5 nitrogen and oxygen atoms in total. The van der Waals surface area contributed by atoms with Crippen molar-refractivity contribution >= 4 is 37.4 Å². The first-order chi connectivity index (χ1) is 8.85. The van der Waals surface area contributed by atoms with Gasteiger partial charge in [-0.3, -0.25) is 0 Å². The predicted molar refractivity (Wildman–Crippen MR) is 76.4 cm³/mol. The van der Waals surface area contributed by atoms with E-state index in [4.69, 9.17) is 5.11 Å². The molecule has 1 heterocycles. The molecule has 0 aromatic heterocycles. The van der Waals surface area contributed by atoms with E-state index in [0.29, 0.717) is 23.1 Å². The van der Waals surface area contributed by atoms with E-state index in [1.165, 1.54) is 12.1 Å². The molecule has 7 heteroatoms. The first-order valence-corrected chi connectivity index (χ1v) is 8.45. The Morgan fingerprint density at radius 1 is 1.42 bits per heavy atom. The zero-order chi connectivity index (χ0) is 14.0. The fourth-order valence-corrected chi connectivity index (χ4v) is 4.47. The SMILES string of the molecule is O=C(O)c1cc(Br)cc(NCC2CCS(=O)(=O)C2)c1. The van der Waals surface area contributed by atoms with Gasteiger partial charge in [0.15, 0.2) is 9.84 Å². The third kappa shape index (κ3) is 3.94. The van der Waals surface area contributed by atoms with Gasteiger partial charge in [-0.15, -0.1) is 0 Å². The normalized spacial score (nSPS) is 21.2. The van der Waals surface area contributed by atoms with Crippen molar-refractivity contribution in [2.24, 2.45) is 5.92 Å². The third-order valence-corrected chi connectivity index (χ3v) is 5.36. The summed E-state index contributed by atoms with van der Waals surface area (Å²) in [4.78, 5) is 10.9. The van der Waals surface area contributed by atoms with Crippen LogP contribution in [-0.2, 0) is 9.84 Å². The van der Waals surface area contributed by atoms with Gasteiger partial charge in [0, 0.05) is 16.7 Å². The summed E-state index contributed by atoms with van der Waals surface area (Å²) in [7, 11) is -2.87. The van der Waals surface area contributed by atoms with Crippen molar-refractivity contribution < 1.29 is 18.3 Å². The lowest BCUT2D eigenvalue weighted by Gasteiger charge is -2.11. The summed E-state index contributed by atoms with van der Waals surface area (Å²) in [6.45, 7) is 0.536. The van der Waals surface area contributed by atoms with Gasteiger partial charge in [0.2, 0.25) is 0 Å². The molecular weight excluding hydrogens is 334 g/mol. The summed E-state index contributed by atoms with van der Waals surface area (Å²) >= 11 is 3.25. The fraction of sp³-hybridized carbons (Fsp3) is 0.417. The molecule has 1 atom stereocenters. The number of carbonyl (C=O) groups is 1. The summed E-state index contributed by atoms with van der Waals surface area (Å²) in [6, 6.07) is 4.83. The summed E-state index contributed by atoms with van der Waals surface area (Å²) < 4.78 is 23.3. The molecule has 1 aromatic rings. The largest absolute Gasteiger partial charge is 0.478 e. The van der Waals surface area contributed by atoms with E-state index in [0.717, 1.165) is 0 Å².